The number of fused-ring (bicyclic) bond motifs is 1. The molecule has 1 aliphatic heterocycles. The first-order valence-electron chi connectivity index (χ1n) is 4.74. The Morgan fingerprint density at radius 2 is 2.38 bits per heavy atom. The van der Waals surface area contributed by atoms with E-state index in [0.717, 1.165) is 7.11 Å². The number of hydrogen-bond acceptors (Lipinski definition) is 5. The summed E-state index contributed by atoms with van der Waals surface area (Å²) in [6.45, 7) is 0.451. The summed E-state index contributed by atoms with van der Waals surface area (Å²) in [6, 6.07) is 0. The Morgan fingerprint density at radius 1 is 1.62 bits per heavy atom. The fourth-order valence-corrected chi connectivity index (χ4v) is 1.54. The Labute approximate surface area is 90.8 Å². The van der Waals surface area contributed by atoms with Crippen molar-refractivity contribution in [3.05, 3.63) is 27.9 Å². The first-order chi connectivity index (χ1) is 7.65. The summed E-state index contributed by atoms with van der Waals surface area (Å²) in [4.78, 5) is 26.8. The summed E-state index contributed by atoms with van der Waals surface area (Å²) in [6.07, 6.45) is 4.18. The minimum atomic E-state index is -0.822. The smallest absolute Gasteiger partial charge is 0.360 e. The number of ether oxygens (including phenoxy) is 1. The molecule has 0 aromatic carbocycles. The van der Waals surface area contributed by atoms with Gasteiger partial charge in [-0.3, -0.25) is 9.36 Å². The number of allylic oxidation sites excluding steroid dienone is 1. The standard InChI is InChI=1S/C10H10N2O4/c1-16-10(15)7-8(13)9(14)12-5-3-2-4-6(12)11-7/h2,4,13H,3,5H2,1H3. The van der Waals surface area contributed by atoms with E-state index >= 15 is 0 Å². The highest BCUT2D eigenvalue weighted by Gasteiger charge is 2.21. The first-order valence-corrected chi connectivity index (χ1v) is 4.74. The summed E-state index contributed by atoms with van der Waals surface area (Å²) in [7, 11) is 1.16. The molecule has 0 radical (unpaired) electrons. The molecule has 0 saturated heterocycles. The van der Waals surface area contributed by atoms with E-state index in [0.29, 0.717) is 18.8 Å². The maximum absolute atomic E-state index is 11.7. The highest BCUT2D eigenvalue weighted by molar-refractivity contribution is 5.90. The van der Waals surface area contributed by atoms with E-state index in [4.69, 9.17) is 0 Å². The molecule has 2 rings (SSSR count). The second-order valence-corrected chi connectivity index (χ2v) is 3.31. The van der Waals surface area contributed by atoms with Gasteiger partial charge in [0.2, 0.25) is 5.75 Å². The van der Waals surface area contributed by atoms with Crippen LogP contribution in [0.5, 0.6) is 5.75 Å². The molecule has 0 spiro atoms. The van der Waals surface area contributed by atoms with Gasteiger partial charge >= 0.3 is 5.97 Å². The molecule has 6 heteroatoms. The number of esters is 1. The quantitative estimate of drug-likeness (QED) is 0.684. The van der Waals surface area contributed by atoms with Gasteiger partial charge in [-0.25, -0.2) is 9.78 Å². The van der Waals surface area contributed by atoms with E-state index < -0.39 is 17.3 Å². The molecule has 16 heavy (non-hydrogen) atoms. The normalized spacial score (nSPS) is 13.3. The zero-order chi connectivity index (χ0) is 11.7. The zero-order valence-electron chi connectivity index (χ0n) is 8.64. The van der Waals surface area contributed by atoms with Crippen molar-refractivity contribution in [2.75, 3.05) is 7.11 Å². The SMILES string of the molecule is COC(=O)c1nc2n(c(=O)c1O)CCC=C2. The number of rotatable bonds is 1. The van der Waals surface area contributed by atoms with Gasteiger partial charge in [0.05, 0.1) is 7.11 Å². The van der Waals surface area contributed by atoms with Crippen LogP contribution in [0, 0.1) is 0 Å². The lowest BCUT2D eigenvalue weighted by molar-refractivity contribution is 0.0589. The molecule has 0 bridgehead atoms. The third-order valence-corrected chi connectivity index (χ3v) is 2.34. The summed E-state index contributed by atoms with van der Waals surface area (Å²) < 4.78 is 5.75. The second kappa shape index (κ2) is 3.80. The molecule has 0 fully saturated rings. The first kappa shape index (κ1) is 10.4. The van der Waals surface area contributed by atoms with Gasteiger partial charge in [0, 0.05) is 6.54 Å². The van der Waals surface area contributed by atoms with Gasteiger partial charge in [0.15, 0.2) is 5.69 Å². The maximum Gasteiger partial charge on any atom is 0.360 e. The van der Waals surface area contributed by atoms with Crippen molar-refractivity contribution < 1.29 is 14.6 Å². The summed E-state index contributed by atoms with van der Waals surface area (Å²) in [5.74, 6) is -1.13. The molecule has 6 nitrogen and oxygen atoms in total. The predicted molar refractivity (Wildman–Crippen MR) is 55.2 cm³/mol. The molecule has 1 aliphatic rings. The van der Waals surface area contributed by atoms with Crippen molar-refractivity contribution in [2.45, 2.75) is 13.0 Å². The third kappa shape index (κ3) is 1.48. The van der Waals surface area contributed by atoms with E-state index in [1.54, 1.807) is 6.08 Å². The Morgan fingerprint density at radius 3 is 3.06 bits per heavy atom. The number of nitrogens with zero attached hydrogens (tertiary/aromatic N) is 2. The van der Waals surface area contributed by atoms with Crippen molar-refractivity contribution in [3.8, 4) is 5.75 Å². The van der Waals surface area contributed by atoms with Crippen molar-refractivity contribution >= 4 is 12.0 Å². The highest BCUT2D eigenvalue weighted by atomic mass is 16.5. The minimum Gasteiger partial charge on any atom is -0.501 e. The number of carbonyl (C=O) groups excluding carboxylic acids is 1. The maximum atomic E-state index is 11.7. The Balaban J connectivity index is 2.68. The van der Waals surface area contributed by atoms with E-state index in [9.17, 15) is 14.7 Å². The van der Waals surface area contributed by atoms with Gasteiger partial charge in [-0.2, -0.15) is 0 Å². The largest absolute Gasteiger partial charge is 0.501 e. The van der Waals surface area contributed by atoms with Crippen LogP contribution in [0.25, 0.3) is 6.08 Å². The van der Waals surface area contributed by atoms with Gasteiger partial charge in [-0.15, -0.1) is 0 Å². The molecule has 1 aromatic rings. The molecule has 0 unspecified atom stereocenters. The van der Waals surface area contributed by atoms with Crippen LogP contribution in [0.1, 0.15) is 22.7 Å². The van der Waals surface area contributed by atoms with E-state index in [-0.39, 0.29) is 5.69 Å². The monoisotopic (exact) mass is 222 g/mol. The molecule has 84 valence electrons. The second-order valence-electron chi connectivity index (χ2n) is 3.31. The molecule has 0 atom stereocenters. The lowest BCUT2D eigenvalue weighted by Gasteiger charge is -2.13. The number of hydrogen-bond donors (Lipinski definition) is 1. The molecular weight excluding hydrogens is 212 g/mol. The van der Waals surface area contributed by atoms with Gasteiger partial charge in [0.25, 0.3) is 5.56 Å². The molecule has 1 N–H and O–H groups in total. The fourth-order valence-electron chi connectivity index (χ4n) is 1.54. The molecule has 2 heterocycles. The molecule has 0 amide bonds. The number of methoxy groups -OCH3 is 1. The van der Waals surface area contributed by atoms with Crippen LogP contribution >= 0.6 is 0 Å². The van der Waals surface area contributed by atoms with Crippen LogP contribution in [0.2, 0.25) is 0 Å². The average Bonchev–Trinajstić information content (AvgIpc) is 2.33. The van der Waals surface area contributed by atoms with Crippen molar-refractivity contribution in [1.29, 1.82) is 0 Å². The van der Waals surface area contributed by atoms with Crippen LogP contribution in [-0.4, -0.2) is 27.7 Å². The molecule has 1 aromatic heterocycles. The van der Waals surface area contributed by atoms with Crippen LogP contribution < -0.4 is 5.56 Å². The van der Waals surface area contributed by atoms with Gasteiger partial charge in [-0.1, -0.05) is 6.08 Å². The molecule has 0 aliphatic carbocycles. The van der Waals surface area contributed by atoms with Crippen molar-refractivity contribution in [2.24, 2.45) is 0 Å². The summed E-state index contributed by atoms with van der Waals surface area (Å²) >= 11 is 0. The Kier molecular flexibility index (Phi) is 2.47. The Bertz CT molecular complexity index is 530. The van der Waals surface area contributed by atoms with Gasteiger partial charge in [0.1, 0.15) is 5.82 Å². The fraction of sp³-hybridized carbons (Fsp3) is 0.300. The number of aromatic nitrogens is 2. The zero-order valence-corrected chi connectivity index (χ0v) is 8.64. The van der Waals surface area contributed by atoms with Gasteiger partial charge in [-0.05, 0) is 12.5 Å². The lowest BCUT2D eigenvalue weighted by atomic mass is 10.2. The van der Waals surface area contributed by atoms with E-state index in [2.05, 4.69) is 9.72 Å². The third-order valence-electron chi connectivity index (χ3n) is 2.34. The Hall–Kier alpha value is -2.11. The topological polar surface area (TPSA) is 81.4 Å². The van der Waals surface area contributed by atoms with Gasteiger partial charge < -0.3 is 9.84 Å². The van der Waals surface area contributed by atoms with Crippen LogP contribution in [0.3, 0.4) is 0 Å². The van der Waals surface area contributed by atoms with E-state index in [1.165, 1.54) is 4.57 Å². The van der Waals surface area contributed by atoms with E-state index in [1.807, 2.05) is 6.08 Å². The average molecular weight is 222 g/mol. The number of aromatic hydroxyl groups is 1. The number of carbonyl (C=O) groups is 1. The summed E-state index contributed by atoms with van der Waals surface area (Å²) in [5, 5.41) is 9.53. The van der Waals surface area contributed by atoms with Crippen LogP contribution in [-0.2, 0) is 11.3 Å². The molecule has 0 saturated carbocycles. The predicted octanol–water partition coefficient (Wildman–Crippen LogP) is 0.152. The minimum absolute atomic E-state index is 0.342. The highest BCUT2D eigenvalue weighted by Crippen LogP contribution is 2.14. The van der Waals surface area contributed by atoms with Crippen molar-refractivity contribution in [3.63, 3.8) is 0 Å². The lowest BCUT2D eigenvalue weighted by Crippen LogP contribution is -2.27. The van der Waals surface area contributed by atoms with Crippen LogP contribution in [0.4, 0.5) is 0 Å². The summed E-state index contributed by atoms with van der Waals surface area (Å²) in [5.41, 5.74) is -0.958. The molecular formula is C10H10N2O4. The van der Waals surface area contributed by atoms with Crippen molar-refractivity contribution in [1.82, 2.24) is 9.55 Å². The van der Waals surface area contributed by atoms with Crippen LogP contribution in [0.15, 0.2) is 10.9 Å².